The summed E-state index contributed by atoms with van der Waals surface area (Å²) in [6, 6.07) is 4.74. The summed E-state index contributed by atoms with van der Waals surface area (Å²) in [6.07, 6.45) is 0. The van der Waals surface area contributed by atoms with Crippen molar-refractivity contribution in [3.63, 3.8) is 0 Å². The second-order valence-electron chi connectivity index (χ2n) is 3.74. The van der Waals surface area contributed by atoms with Crippen LogP contribution < -0.4 is 10.1 Å². The first-order chi connectivity index (χ1) is 9.13. The molecule has 0 saturated carbocycles. The molecule has 0 amide bonds. The number of nitrogens with zero attached hydrogens (tertiary/aromatic N) is 3. The molecule has 2 rings (SSSR count). The zero-order valence-electron chi connectivity index (χ0n) is 10.4. The highest BCUT2D eigenvalue weighted by Crippen LogP contribution is 2.28. The van der Waals surface area contributed by atoms with E-state index in [9.17, 15) is 10.1 Å². The molecule has 1 N–H and O–H groups in total. The highest BCUT2D eigenvalue weighted by Gasteiger charge is 2.15. The fourth-order valence-electron chi connectivity index (χ4n) is 1.60. The SMILES string of the molecule is CNc1snnc1COc1cccc([N+](=O)[O-])c1C. The van der Waals surface area contributed by atoms with E-state index in [1.54, 1.807) is 26.1 Å². The van der Waals surface area contributed by atoms with E-state index < -0.39 is 4.92 Å². The molecule has 1 heterocycles. The molecule has 2 aromatic rings. The molecule has 8 heteroatoms. The van der Waals surface area contributed by atoms with Crippen molar-refractivity contribution in [2.45, 2.75) is 13.5 Å². The van der Waals surface area contributed by atoms with Crippen LogP contribution in [0.15, 0.2) is 18.2 Å². The number of nitrogens with one attached hydrogen (secondary N) is 1. The molecular formula is C11H12N4O3S. The van der Waals surface area contributed by atoms with Gasteiger partial charge < -0.3 is 10.1 Å². The van der Waals surface area contributed by atoms with Crippen LogP contribution in [0.1, 0.15) is 11.3 Å². The maximum atomic E-state index is 10.8. The van der Waals surface area contributed by atoms with E-state index in [-0.39, 0.29) is 12.3 Å². The second kappa shape index (κ2) is 5.61. The molecule has 0 aliphatic rings. The van der Waals surface area contributed by atoms with Crippen LogP contribution >= 0.6 is 11.5 Å². The maximum Gasteiger partial charge on any atom is 0.276 e. The van der Waals surface area contributed by atoms with Crippen LogP contribution in [0.4, 0.5) is 10.7 Å². The molecule has 100 valence electrons. The first kappa shape index (κ1) is 13.2. The normalized spacial score (nSPS) is 10.2. The molecule has 0 fully saturated rings. The summed E-state index contributed by atoms with van der Waals surface area (Å²) < 4.78 is 9.39. The Morgan fingerprint density at radius 2 is 2.32 bits per heavy atom. The van der Waals surface area contributed by atoms with Gasteiger partial charge in [-0.1, -0.05) is 10.6 Å². The molecule has 0 unspecified atom stereocenters. The van der Waals surface area contributed by atoms with Crippen LogP contribution in [0.3, 0.4) is 0 Å². The second-order valence-corrected chi connectivity index (χ2v) is 4.50. The third-order valence-electron chi connectivity index (χ3n) is 2.60. The minimum atomic E-state index is -0.425. The van der Waals surface area contributed by atoms with Crippen molar-refractivity contribution in [1.82, 2.24) is 9.59 Å². The quantitative estimate of drug-likeness (QED) is 0.668. The van der Waals surface area contributed by atoms with Gasteiger partial charge in [-0.3, -0.25) is 10.1 Å². The molecule has 0 aliphatic carbocycles. The summed E-state index contributed by atoms with van der Waals surface area (Å²) in [4.78, 5) is 10.4. The van der Waals surface area contributed by atoms with E-state index >= 15 is 0 Å². The third kappa shape index (κ3) is 2.79. The predicted molar refractivity (Wildman–Crippen MR) is 71.6 cm³/mol. The number of nitro groups is 1. The molecule has 1 aromatic heterocycles. The number of benzene rings is 1. The highest BCUT2D eigenvalue weighted by molar-refractivity contribution is 7.10. The molecule has 0 spiro atoms. The Morgan fingerprint density at radius 3 is 3.00 bits per heavy atom. The summed E-state index contributed by atoms with van der Waals surface area (Å²) in [6.45, 7) is 1.88. The number of nitro benzene ring substituents is 1. The van der Waals surface area contributed by atoms with E-state index in [4.69, 9.17) is 4.74 Å². The zero-order chi connectivity index (χ0) is 13.8. The third-order valence-corrected chi connectivity index (χ3v) is 3.39. The van der Waals surface area contributed by atoms with Crippen molar-refractivity contribution < 1.29 is 9.66 Å². The van der Waals surface area contributed by atoms with Gasteiger partial charge in [0.15, 0.2) is 0 Å². The Morgan fingerprint density at radius 1 is 1.53 bits per heavy atom. The van der Waals surface area contributed by atoms with Crippen LogP contribution in [-0.4, -0.2) is 21.6 Å². The lowest BCUT2D eigenvalue weighted by molar-refractivity contribution is -0.385. The maximum absolute atomic E-state index is 10.8. The smallest absolute Gasteiger partial charge is 0.276 e. The summed E-state index contributed by atoms with van der Waals surface area (Å²) in [5.74, 6) is 0.476. The van der Waals surface area contributed by atoms with Crippen LogP contribution in [0.5, 0.6) is 5.75 Å². The van der Waals surface area contributed by atoms with Gasteiger partial charge in [-0.2, -0.15) is 0 Å². The average molecular weight is 280 g/mol. The van der Waals surface area contributed by atoms with E-state index in [1.165, 1.54) is 17.6 Å². The number of ether oxygens (including phenoxy) is 1. The standard InChI is InChI=1S/C11H12N4O3S/c1-7-9(15(16)17)4-3-5-10(7)18-6-8-11(12-2)19-14-13-8/h3-5,12H,6H2,1-2H3. The lowest BCUT2D eigenvalue weighted by Crippen LogP contribution is -2.02. The topological polar surface area (TPSA) is 90.2 Å². The molecular weight excluding hydrogens is 268 g/mol. The van der Waals surface area contributed by atoms with Crippen molar-refractivity contribution in [3.8, 4) is 5.75 Å². The van der Waals surface area contributed by atoms with E-state index in [1.807, 2.05) is 0 Å². The number of hydrogen-bond acceptors (Lipinski definition) is 7. The van der Waals surface area contributed by atoms with Gasteiger partial charge in [0.25, 0.3) is 5.69 Å². The summed E-state index contributed by atoms with van der Waals surface area (Å²) in [7, 11) is 1.78. The molecule has 0 aliphatic heterocycles. The summed E-state index contributed by atoms with van der Waals surface area (Å²) in [5.41, 5.74) is 1.22. The zero-order valence-corrected chi connectivity index (χ0v) is 11.2. The fraction of sp³-hybridized carbons (Fsp3) is 0.273. The molecule has 0 atom stereocenters. The first-order valence-electron chi connectivity index (χ1n) is 5.49. The summed E-state index contributed by atoms with van der Waals surface area (Å²) in [5, 5.41) is 18.5. The Hall–Kier alpha value is -2.22. The molecule has 19 heavy (non-hydrogen) atoms. The molecule has 0 radical (unpaired) electrons. The first-order valence-corrected chi connectivity index (χ1v) is 6.26. The monoisotopic (exact) mass is 280 g/mol. The van der Waals surface area contributed by atoms with Gasteiger partial charge in [0.1, 0.15) is 23.1 Å². The lowest BCUT2D eigenvalue weighted by Gasteiger charge is -2.08. The minimum Gasteiger partial charge on any atom is -0.487 e. The minimum absolute atomic E-state index is 0.0442. The van der Waals surface area contributed by atoms with Gasteiger partial charge in [0, 0.05) is 24.6 Å². The number of aromatic nitrogens is 2. The van der Waals surface area contributed by atoms with Gasteiger partial charge in [0.2, 0.25) is 0 Å². The predicted octanol–water partition coefficient (Wildman–Crippen LogP) is 2.38. The van der Waals surface area contributed by atoms with Gasteiger partial charge in [0.05, 0.1) is 10.5 Å². The number of hydrogen-bond donors (Lipinski definition) is 1. The molecule has 0 bridgehead atoms. The van der Waals surface area contributed by atoms with Crippen molar-refractivity contribution in [2.75, 3.05) is 12.4 Å². The Labute approximate surface area is 113 Å². The van der Waals surface area contributed by atoms with Crippen LogP contribution in [-0.2, 0) is 6.61 Å². The average Bonchev–Trinajstić information content (AvgIpc) is 2.84. The van der Waals surface area contributed by atoms with E-state index in [0.29, 0.717) is 17.0 Å². The van der Waals surface area contributed by atoms with Crippen molar-refractivity contribution in [2.24, 2.45) is 0 Å². The molecule has 1 aromatic carbocycles. The fourth-order valence-corrected chi connectivity index (χ4v) is 2.11. The van der Waals surface area contributed by atoms with Crippen molar-refractivity contribution in [3.05, 3.63) is 39.6 Å². The lowest BCUT2D eigenvalue weighted by atomic mass is 10.2. The van der Waals surface area contributed by atoms with Gasteiger partial charge >= 0.3 is 0 Å². The Balaban J connectivity index is 2.16. The van der Waals surface area contributed by atoms with Gasteiger partial charge in [-0.25, -0.2) is 0 Å². The molecule has 0 saturated heterocycles. The highest BCUT2D eigenvalue weighted by atomic mass is 32.1. The Kier molecular flexibility index (Phi) is 3.91. The van der Waals surface area contributed by atoms with Crippen LogP contribution in [0.25, 0.3) is 0 Å². The Bertz CT molecular complexity index is 599. The van der Waals surface area contributed by atoms with Crippen LogP contribution in [0.2, 0.25) is 0 Å². The summed E-state index contributed by atoms with van der Waals surface area (Å²) >= 11 is 1.24. The van der Waals surface area contributed by atoms with Gasteiger partial charge in [-0.05, 0) is 13.0 Å². The van der Waals surface area contributed by atoms with E-state index in [2.05, 4.69) is 14.9 Å². The number of anilines is 1. The molecule has 7 nitrogen and oxygen atoms in total. The van der Waals surface area contributed by atoms with Crippen LogP contribution in [0, 0.1) is 17.0 Å². The van der Waals surface area contributed by atoms with Crippen molar-refractivity contribution >= 4 is 22.2 Å². The number of rotatable bonds is 5. The van der Waals surface area contributed by atoms with E-state index in [0.717, 1.165) is 5.00 Å². The van der Waals surface area contributed by atoms with Crippen molar-refractivity contribution in [1.29, 1.82) is 0 Å². The largest absolute Gasteiger partial charge is 0.487 e. The van der Waals surface area contributed by atoms with Gasteiger partial charge in [-0.15, -0.1) is 5.10 Å².